The van der Waals surface area contributed by atoms with Crippen LogP contribution in [0.1, 0.15) is 68.9 Å². The zero-order chi connectivity index (χ0) is 14.5. The minimum Gasteiger partial charge on any atom is -0.364 e. The summed E-state index contributed by atoms with van der Waals surface area (Å²) in [6.45, 7) is 3.26. The lowest BCUT2D eigenvalue weighted by Gasteiger charge is -2.41. The lowest BCUT2D eigenvalue weighted by atomic mass is 9.75. The first-order chi connectivity index (χ1) is 10.3. The number of nitrogens with zero attached hydrogens (tertiary/aromatic N) is 1. The van der Waals surface area contributed by atoms with Crippen molar-refractivity contribution < 1.29 is 0 Å². The molecule has 21 heavy (non-hydrogen) atoms. The Balaban J connectivity index is 1.90. The van der Waals surface area contributed by atoms with Crippen LogP contribution in [0.5, 0.6) is 0 Å². The standard InChI is InChI=1S/C19H28N2/c1-16-10-5-6-11-17(16)19(13-7-3-8-14-19)21-18-12-4-2-9-15-20-18/h5-6,10-11H,2-4,7-9,12-15H2,1H3,(H,20,21). The number of amidine groups is 1. The summed E-state index contributed by atoms with van der Waals surface area (Å²) in [7, 11) is 0. The van der Waals surface area contributed by atoms with Gasteiger partial charge in [-0.15, -0.1) is 0 Å². The molecule has 2 heteroatoms. The average Bonchev–Trinajstić information content (AvgIpc) is 2.77. The lowest BCUT2D eigenvalue weighted by Crippen LogP contribution is -2.47. The largest absolute Gasteiger partial charge is 0.364 e. The van der Waals surface area contributed by atoms with E-state index in [-0.39, 0.29) is 5.54 Å². The Hall–Kier alpha value is -1.31. The Morgan fingerprint density at radius 1 is 0.952 bits per heavy atom. The molecule has 0 unspecified atom stereocenters. The molecule has 1 fully saturated rings. The van der Waals surface area contributed by atoms with E-state index in [0.717, 1.165) is 13.0 Å². The molecule has 0 radical (unpaired) electrons. The first-order valence-electron chi connectivity index (χ1n) is 8.68. The number of hydrogen-bond donors (Lipinski definition) is 1. The third-order valence-corrected chi connectivity index (χ3v) is 5.13. The van der Waals surface area contributed by atoms with Crippen molar-refractivity contribution in [1.29, 1.82) is 0 Å². The Morgan fingerprint density at radius 3 is 2.52 bits per heavy atom. The summed E-state index contributed by atoms with van der Waals surface area (Å²) in [6.07, 6.45) is 11.5. The van der Waals surface area contributed by atoms with E-state index in [9.17, 15) is 0 Å². The third kappa shape index (κ3) is 3.30. The van der Waals surface area contributed by atoms with Gasteiger partial charge >= 0.3 is 0 Å². The van der Waals surface area contributed by atoms with Crippen LogP contribution in [0.15, 0.2) is 29.3 Å². The highest BCUT2D eigenvalue weighted by Crippen LogP contribution is 2.38. The molecule has 1 N–H and O–H groups in total. The predicted molar refractivity (Wildman–Crippen MR) is 89.8 cm³/mol. The van der Waals surface area contributed by atoms with Crippen molar-refractivity contribution in [3.63, 3.8) is 0 Å². The van der Waals surface area contributed by atoms with Crippen LogP contribution >= 0.6 is 0 Å². The Labute approximate surface area is 129 Å². The minimum atomic E-state index is 0.132. The molecule has 1 aromatic rings. The number of rotatable bonds is 2. The van der Waals surface area contributed by atoms with Crippen molar-refractivity contribution in [1.82, 2.24) is 5.32 Å². The third-order valence-electron chi connectivity index (χ3n) is 5.13. The smallest absolute Gasteiger partial charge is 0.0969 e. The van der Waals surface area contributed by atoms with Gasteiger partial charge in [0, 0.05) is 13.0 Å². The summed E-state index contributed by atoms with van der Waals surface area (Å²) < 4.78 is 0. The number of hydrogen-bond acceptors (Lipinski definition) is 2. The molecule has 1 aromatic carbocycles. The number of benzene rings is 1. The van der Waals surface area contributed by atoms with Gasteiger partial charge in [-0.2, -0.15) is 0 Å². The minimum absolute atomic E-state index is 0.132. The highest BCUT2D eigenvalue weighted by Gasteiger charge is 2.35. The lowest BCUT2D eigenvalue weighted by molar-refractivity contribution is 0.267. The second-order valence-corrected chi connectivity index (χ2v) is 6.72. The highest BCUT2D eigenvalue weighted by atomic mass is 15.1. The van der Waals surface area contributed by atoms with E-state index in [4.69, 9.17) is 4.99 Å². The molecule has 0 bridgehead atoms. The van der Waals surface area contributed by atoms with Crippen LogP contribution in [0, 0.1) is 6.92 Å². The van der Waals surface area contributed by atoms with Gasteiger partial charge in [-0.1, -0.05) is 49.9 Å². The average molecular weight is 284 g/mol. The highest BCUT2D eigenvalue weighted by molar-refractivity contribution is 5.83. The number of aliphatic imine (C=N–C) groups is 1. The van der Waals surface area contributed by atoms with Gasteiger partial charge in [0.05, 0.1) is 11.4 Å². The van der Waals surface area contributed by atoms with Gasteiger partial charge in [0.25, 0.3) is 0 Å². The summed E-state index contributed by atoms with van der Waals surface area (Å²) in [5.41, 5.74) is 3.05. The van der Waals surface area contributed by atoms with E-state index in [1.54, 1.807) is 0 Å². The van der Waals surface area contributed by atoms with Gasteiger partial charge in [0.1, 0.15) is 0 Å². The topological polar surface area (TPSA) is 24.4 Å². The first-order valence-corrected chi connectivity index (χ1v) is 8.68. The molecule has 1 aliphatic heterocycles. The van der Waals surface area contributed by atoms with Gasteiger partial charge in [-0.25, -0.2) is 0 Å². The Morgan fingerprint density at radius 2 is 1.71 bits per heavy atom. The molecule has 0 amide bonds. The Kier molecular flexibility index (Phi) is 4.62. The maximum atomic E-state index is 4.82. The van der Waals surface area contributed by atoms with Gasteiger partial charge in [-0.3, -0.25) is 4.99 Å². The van der Waals surface area contributed by atoms with Crippen LogP contribution in [-0.2, 0) is 5.54 Å². The fourth-order valence-corrected chi connectivity index (χ4v) is 3.98. The van der Waals surface area contributed by atoms with Crippen LogP contribution in [0.25, 0.3) is 0 Å². The molecular weight excluding hydrogens is 256 g/mol. The SMILES string of the molecule is Cc1ccccc1C1(NC2=NCCCCC2)CCCCC1. The molecule has 1 saturated carbocycles. The molecule has 2 aliphatic rings. The maximum Gasteiger partial charge on any atom is 0.0969 e. The molecule has 0 spiro atoms. The van der Waals surface area contributed by atoms with Gasteiger partial charge < -0.3 is 5.32 Å². The van der Waals surface area contributed by atoms with E-state index < -0.39 is 0 Å². The molecule has 0 aromatic heterocycles. The van der Waals surface area contributed by atoms with Crippen molar-refractivity contribution in [2.75, 3.05) is 6.54 Å². The predicted octanol–water partition coefficient (Wildman–Crippen LogP) is 4.72. The molecular formula is C19H28N2. The molecule has 3 rings (SSSR count). The summed E-state index contributed by atoms with van der Waals surface area (Å²) in [5.74, 6) is 1.26. The molecule has 1 aliphatic carbocycles. The fraction of sp³-hybridized carbons (Fsp3) is 0.632. The molecule has 1 heterocycles. The quantitative estimate of drug-likeness (QED) is 0.835. The normalized spacial score (nSPS) is 22.2. The monoisotopic (exact) mass is 284 g/mol. The summed E-state index contributed by atoms with van der Waals surface area (Å²) >= 11 is 0. The van der Waals surface area contributed by atoms with E-state index in [1.807, 2.05) is 0 Å². The number of aryl methyl sites for hydroxylation is 1. The van der Waals surface area contributed by atoms with E-state index >= 15 is 0 Å². The molecule has 2 nitrogen and oxygen atoms in total. The summed E-state index contributed by atoms with van der Waals surface area (Å²) in [4.78, 5) is 4.82. The number of nitrogens with one attached hydrogen (secondary N) is 1. The second-order valence-electron chi connectivity index (χ2n) is 6.72. The second kappa shape index (κ2) is 6.64. The maximum absolute atomic E-state index is 4.82. The van der Waals surface area contributed by atoms with Crippen molar-refractivity contribution in [3.8, 4) is 0 Å². The van der Waals surface area contributed by atoms with Crippen molar-refractivity contribution >= 4 is 5.84 Å². The van der Waals surface area contributed by atoms with E-state index in [1.165, 1.54) is 68.3 Å². The van der Waals surface area contributed by atoms with Crippen LogP contribution in [0.4, 0.5) is 0 Å². The molecule has 114 valence electrons. The summed E-state index contributed by atoms with van der Waals surface area (Å²) in [5, 5.41) is 3.92. The molecule has 0 atom stereocenters. The van der Waals surface area contributed by atoms with Gasteiger partial charge in [0.2, 0.25) is 0 Å². The van der Waals surface area contributed by atoms with Crippen molar-refractivity contribution in [3.05, 3.63) is 35.4 Å². The van der Waals surface area contributed by atoms with Crippen LogP contribution in [0.2, 0.25) is 0 Å². The fourth-order valence-electron chi connectivity index (χ4n) is 3.98. The molecule has 0 saturated heterocycles. The van der Waals surface area contributed by atoms with Crippen molar-refractivity contribution in [2.24, 2.45) is 4.99 Å². The van der Waals surface area contributed by atoms with Gasteiger partial charge in [0.15, 0.2) is 0 Å². The van der Waals surface area contributed by atoms with Crippen molar-refractivity contribution in [2.45, 2.75) is 70.3 Å². The summed E-state index contributed by atoms with van der Waals surface area (Å²) in [6, 6.07) is 8.92. The zero-order valence-corrected chi connectivity index (χ0v) is 13.3. The zero-order valence-electron chi connectivity index (χ0n) is 13.3. The van der Waals surface area contributed by atoms with Gasteiger partial charge in [-0.05, 0) is 43.7 Å². The van der Waals surface area contributed by atoms with E-state index in [2.05, 4.69) is 36.5 Å². The Bertz CT molecular complexity index is 498. The van der Waals surface area contributed by atoms with Crippen LogP contribution in [-0.4, -0.2) is 12.4 Å². The van der Waals surface area contributed by atoms with Crippen LogP contribution in [0.3, 0.4) is 0 Å². The van der Waals surface area contributed by atoms with Crippen LogP contribution < -0.4 is 5.32 Å². The van der Waals surface area contributed by atoms with E-state index in [0.29, 0.717) is 0 Å². The first kappa shape index (κ1) is 14.6.